The molecule has 0 bridgehead atoms. The third kappa shape index (κ3) is 3.10. The van der Waals surface area contributed by atoms with Gasteiger partial charge in [-0.15, -0.1) is 0 Å². The molecule has 0 saturated heterocycles. The van der Waals surface area contributed by atoms with E-state index < -0.39 is 0 Å². The lowest BCUT2D eigenvalue weighted by molar-refractivity contribution is 0.104. The minimum Gasteiger partial charge on any atom is -0.441 e. The number of unbranched alkanes of at least 4 members (excludes halogenated alkanes) is 1. The number of aliphatic hydroxyl groups excluding tert-OH is 1. The van der Waals surface area contributed by atoms with E-state index in [4.69, 9.17) is 4.42 Å². The van der Waals surface area contributed by atoms with Gasteiger partial charge in [0.25, 0.3) is 0 Å². The molecule has 0 radical (unpaired) electrons. The zero-order valence-corrected chi connectivity index (χ0v) is 11.1. The Morgan fingerprint density at radius 1 is 1.33 bits per heavy atom. The summed E-state index contributed by atoms with van der Waals surface area (Å²) in [7, 11) is 0. The number of para-hydroxylation sites is 2. The summed E-state index contributed by atoms with van der Waals surface area (Å²) >= 11 is 0. The highest BCUT2D eigenvalue weighted by Crippen LogP contribution is 2.19. The van der Waals surface area contributed by atoms with Crippen LogP contribution in [0.2, 0.25) is 0 Å². The molecule has 0 fully saturated rings. The molecule has 98 valence electrons. The van der Waals surface area contributed by atoms with Crippen molar-refractivity contribution in [1.82, 2.24) is 4.98 Å². The molecule has 2 aromatic rings. The standard InChI is InChI=1S/C15H21NO2/c1-3-4-7-11(2)13(17)10-15-16-12-8-5-6-9-14(12)18-15/h5-6,8-9,11,13,17H,3-4,7,10H2,1-2H3. The number of oxazole rings is 1. The van der Waals surface area contributed by atoms with Crippen molar-refractivity contribution in [1.29, 1.82) is 0 Å². The molecular weight excluding hydrogens is 226 g/mol. The van der Waals surface area contributed by atoms with Gasteiger partial charge >= 0.3 is 0 Å². The summed E-state index contributed by atoms with van der Waals surface area (Å²) in [6, 6.07) is 7.69. The van der Waals surface area contributed by atoms with Crippen molar-refractivity contribution in [2.24, 2.45) is 5.92 Å². The van der Waals surface area contributed by atoms with Crippen molar-refractivity contribution >= 4 is 11.1 Å². The molecule has 2 rings (SSSR count). The van der Waals surface area contributed by atoms with Gasteiger partial charge in [0.2, 0.25) is 0 Å². The van der Waals surface area contributed by atoms with Crippen molar-refractivity contribution in [2.45, 2.75) is 45.6 Å². The highest BCUT2D eigenvalue weighted by atomic mass is 16.4. The average molecular weight is 247 g/mol. The molecule has 0 spiro atoms. The van der Waals surface area contributed by atoms with Gasteiger partial charge in [-0.3, -0.25) is 0 Å². The van der Waals surface area contributed by atoms with E-state index in [0.717, 1.165) is 23.9 Å². The van der Waals surface area contributed by atoms with E-state index in [1.807, 2.05) is 24.3 Å². The fourth-order valence-corrected chi connectivity index (χ4v) is 2.11. The monoisotopic (exact) mass is 247 g/mol. The Kier molecular flexibility index (Phi) is 4.37. The maximum absolute atomic E-state index is 10.1. The first-order valence-corrected chi connectivity index (χ1v) is 6.73. The average Bonchev–Trinajstić information content (AvgIpc) is 2.77. The first-order chi connectivity index (χ1) is 8.70. The molecule has 2 unspecified atom stereocenters. The van der Waals surface area contributed by atoms with Crippen LogP contribution in [-0.2, 0) is 6.42 Å². The minimum absolute atomic E-state index is 0.292. The third-order valence-corrected chi connectivity index (χ3v) is 3.39. The molecule has 1 heterocycles. The highest BCUT2D eigenvalue weighted by Gasteiger charge is 2.17. The highest BCUT2D eigenvalue weighted by molar-refractivity contribution is 5.72. The Morgan fingerprint density at radius 2 is 2.11 bits per heavy atom. The lowest BCUT2D eigenvalue weighted by atomic mass is 9.96. The van der Waals surface area contributed by atoms with Crippen LogP contribution in [0.5, 0.6) is 0 Å². The summed E-state index contributed by atoms with van der Waals surface area (Å²) in [5.41, 5.74) is 1.65. The normalized spacial score (nSPS) is 14.8. The summed E-state index contributed by atoms with van der Waals surface area (Å²) in [6.45, 7) is 4.25. The van der Waals surface area contributed by atoms with Crippen LogP contribution < -0.4 is 0 Å². The van der Waals surface area contributed by atoms with E-state index in [9.17, 15) is 5.11 Å². The Bertz CT molecular complexity index is 459. The van der Waals surface area contributed by atoms with Crippen LogP contribution in [0.4, 0.5) is 0 Å². The van der Waals surface area contributed by atoms with E-state index in [2.05, 4.69) is 18.8 Å². The molecule has 2 atom stereocenters. The van der Waals surface area contributed by atoms with Gasteiger partial charge in [-0.05, 0) is 24.5 Å². The molecule has 1 aromatic carbocycles. The fraction of sp³-hybridized carbons (Fsp3) is 0.533. The first-order valence-electron chi connectivity index (χ1n) is 6.73. The van der Waals surface area contributed by atoms with Crippen LogP contribution in [0.3, 0.4) is 0 Å². The topological polar surface area (TPSA) is 46.3 Å². The second-order valence-corrected chi connectivity index (χ2v) is 4.97. The van der Waals surface area contributed by atoms with Gasteiger partial charge in [-0.25, -0.2) is 4.98 Å². The van der Waals surface area contributed by atoms with Crippen molar-refractivity contribution < 1.29 is 9.52 Å². The number of aromatic nitrogens is 1. The lowest BCUT2D eigenvalue weighted by Gasteiger charge is -2.16. The van der Waals surface area contributed by atoms with Crippen molar-refractivity contribution in [2.75, 3.05) is 0 Å². The Morgan fingerprint density at radius 3 is 2.83 bits per heavy atom. The van der Waals surface area contributed by atoms with E-state index in [1.54, 1.807) is 0 Å². The molecule has 18 heavy (non-hydrogen) atoms. The van der Waals surface area contributed by atoms with Gasteiger partial charge in [-0.2, -0.15) is 0 Å². The van der Waals surface area contributed by atoms with Gasteiger partial charge in [0.15, 0.2) is 11.5 Å². The molecule has 1 N–H and O–H groups in total. The summed E-state index contributed by atoms with van der Waals surface area (Å²) in [6.07, 6.45) is 3.51. The van der Waals surface area contributed by atoms with Gasteiger partial charge < -0.3 is 9.52 Å². The smallest absolute Gasteiger partial charge is 0.198 e. The summed E-state index contributed by atoms with van der Waals surface area (Å²) in [5.74, 6) is 0.923. The predicted octanol–water partition coefficient (Wildman–Crippen LogP) is 3.56. The van der Waals surface area contributed by atoms with Crippen LogP contribution in [0, 0.1) is 5.92 Å². The van der Waals surface area contributed by atoms with E-state index in [1.165, 1.54) is 6.42 Å². The third-order valence-electron chi connectivity index (χ3n) is 3.39. The van der Waals surface area contributed by atoms with E-state index >= 15 is 0 Å². The van der Waals surface area contributed by atoms with Crippen LogP contribution in [0.25, 0.3) is 11.1 Å². The maximum atomic E-state index is 10.1. The van der Waals surface area contributed by atoms with Gasteiger partial charge in [0.1, 0.15) is 5.52 Å². The van der Waals surface area contributed by atoms with E-state index in [-0.39, 0.29) is 6.10 Å². The molecular formula is C15H21NO2. The fourth-order valence-electron chi connectivity index (χ4n) is 2.11. The SMILES string of the molecule is CCCCC(C)C(O)Cc1nc2ccccc2o1. The van der Waals surface area contributed by atoms with Gasteiger partial charge in [-0.1, -0.05) is 38.8 Å². The summed E-state index contributed by atoms with van der Waals surface area (Å²) in [5, 5.41) is 10.1. The van der Waals surface area contributed by atoms with Gasteiger partial charge in [0, 0.05) is 0 Å². The van der Waals surface area contributed by atoms with Crippen LogP contribution in [-0.4, -0.2) is 16.2 Å². The number of nitrogens with zero attached hydrogens (tertiary/aromatic N) is 1. The lowest BCUT2D eigenvalue weighted by Crippen LogP contribution is -2.20. The second kappa shape index (κ2) is 6.01. The molecule has 3 nitrogen and oxygen atoms in total. The molecule has 0 aliphatic heterocycles. The second-order valence-electron chi connectivity index (χ2n) is 4.97. The molecule has 1 aromatic heterocycles. The molecule has 0 aliphatic rings. The Labute approximate surface area is 108 Å². The predicted molar refractivity (Wildman–Crippen MR) is 72.4 cm³/mol. The van der Waals surface area contributed by atoms with Crippen LogP contribution >= 0.6 is 0 Å². The number of rotatable bonds is 6. The quantitative estimate of drug-likeness (QED) is 0.849. The van der Waals surface area contributed by atoms with Crippen molar-refractivity contribution in [3.63, 3.8) is 0 Å². The number of fused-ring (bicyclic) bond motifs is 1. The maximum Gasteiger partial charge on any atom is 0.198 e. The summed E-state index contributed by atoms with van der Waals surface area (Å²) in [4.78, 5) is 4.39. The first kappa shape index (κ1) is 13.1. The van der Waals surface area contributed by atoms with Gasteiger partial charge in [0.05, 0.1) is 12.5 Å². The zero-order valence-electron chi connectivity index (χ0n) is 11.1. The molecule has 0 saturated carbocycles. The number of hydrogen-bond acceptors (Lipinski definition) is 3. The number of aliphatic hydroxyl groups is 1. The van der Waals surface area contributed by atoms with Crippen LogP contribution in [0.15, 0.2) is 28.7 Å². The number of benzene rings is 1. The van der Waals surface area contributed by atoms with Crippen molar-refractivity contribution in [3.05, 3.63) is 30.2 Å². The number of hydrogen-bond donors (Lipinski definition) is 1. The minimum atomic E-state index is -0.371. The molecule has 0 amide bonds. The molecule has 3 heteroatoms. The van der Waals surface area contributed by atoms with Crippen molar-refractivity contribution in [3.8, 4) is 0 Å². The summed E-state index contributed by atoms with van der Waals surface area (Å²) < 4.78 is 5.62. The zero-order chi connectivity index (χ0) is 13.0. The van der Waals surface area contributed by atoms with Crippen LogP contribution in [0.1, 0.15) is 39.0 Å². The molecule has 0 aliphatic carbocycles. The Hall–Kier alpha value is -1.35. The Balaban J connectivity index is 1.99. The largest absolute Gasteiger partial charge is 0.441 e. The van der Waals surface area contributed by atoms with E-state index in [0.29, 0.717) is 18.2 Å².